The number of rotatable bonds is 10. The van der Waals surface area contributed by atoms with Crippen LogP contribution in [0.15, 0.2) is 12.1 Å². The maximum Gasteiger partial charge on any atom is 0.309 e. The molecular formula is C30H43FN2O6. The largest absolute Gasteiger partial charge is 0.496 e. The molecular weight excluding hydrogens is 503 g/mol. The van der Waals surface area contributed by atoms with E-state index in [-0.39, 0.29) is 58.9 Å². The average molecular weight is 547 g/mol. The van der Waals surface area contributed by atoms with Crippen molar-refractivity contribution in [1.82, 2.24) is 10.6 Å². The Balaban J connectivity index is 1.49. The standard InChI is InChI=1S/C30H43FN2O6/c1-6-16(2)17(3)32-28(35)25-18-7-8-19(13-18)26(25)33-27(34)21-14-24(22(31)15-23(21)38-5)39-20-9-11-30(4,12-10-20)29(36)37/h14-20,25-26H,6-13H2,1-5H3,(H,32,35)(H,33,34)(H,36,37)/t16?,17-,18+,19-,20-,25-,26+,30+/m0/s1. The molecule has 1 aromatic rings. The number of carbonyl (C=O) groups excluding carboxylic acids is 2. The van der Waals surface area contributed by atoms with Crippen LogP contribution in [0.5, 0.6) is 11.5 Å². The van der Waals surface area contributed by atoms with Gasteiger partial charge >= 0.3 is 5.97 Å². The Kier molecular flexibility index (Phi) is 8.76. The molecule has 2 amide bonds. The summed E-state index contributed by atoms with van der Waals surface area (Å²) >= 11 is 0. The summed E-state index contributed by atoms with van der Waals surface area (Å²) < 4.78 is 26.2. The Bertz CT molecular complexity index is 1090. The van der Waals surface area contributed by atoms with E-state index in [1.165, 1.54) is 13.2 Å². The molecule has 39 heavy (non-hydrogen) atoms. The van der Waals surface area contributed by atoms with Gasteiger partial charge in [0.15, 0.2) is 11.6 Å². The molecule has 0 aromatic heterocycles. The van der Waals surface area contributed by atoms with Crippen LogP contribution in [-0.2, 0) is 9.59 Å². The first kappa shape index (κ1) is 29.2. The van der Waals surface area contributed by atoms with Crippen LogP contribution in [-0.4, -0.2) is 48.2 Å². The van der Waals surface area contributed by atoms with Crippen LogP contribution in [0.3, 0.4) is 0 Å². The minimum Gasteiger partial charge on any atom is -0.496 e. The Hall–Kier alpha value is -2.84. The van der Waals surface area contributed by atoms with Gasteiger partial charge in [0, 0.05) is 18.2 Å². The third-order valence-electron chi connectivity index (χ3n) is 9.73. The third-order valence-corrected chi connectivity index (χ3v) is 9.73. The number of fused-ring (bicyclic) bond motifs is 2. The van der Waals surface area contributed by atoms with E-state index in [1.807, 2.05) is 6.92 Å². The van der Waals surface area contributed by atoms with E-state index in [2.05, 4.69) is 24.5 Å². The van der Waals surface area contributed by atoms with Gasteiger partial charge in [-0.1, -0.05) is 20.3 Å². The second-order valence-electron chi connectivity index (χ2n) is 12.2. The Labute approximate surface area is 230 Å². The second kappa shape index (κ2) is 11.7. The number of ether oxygens (including phenoxy) is 2. The molecule has 3 saturated carbocycles. The van der Waals surface area contributed by atoms with Crippen LogP contribution < -0.4 is 20.1 Å². The highest BCUT2D eigenvalue weighted by atomic mass is 19.1. The van der Waals surface area contributed by atoms with Gasteiger partial charge < -0.3 is 25.2 Å². The predicted molar refractivity (Wildman–Crippen MR) is 144 cm³/mol. The number of hydrogen-bond donors (Lipinski definition) is 3. The van der Waals surface area contributed by atoms with Crippen molar-refractivity contribution in [3.05, 3.63) is 23.5 Å². The number of carboxylic acids is 1. The van der Waals surface area contributed by atoms with E-state index in [9.17, 15) is 23.9 Å². The van der Waals surface area contributed by atoms with Gasteiger partial charge in [0.05, 0.1) is 30.1 Å². The van der Waals surface area contributed by atoms with Gasteiger partial charge in [-0.25, -0.2) is 4.39 Å². The first-order chi connectivity index (χ1) is 18.5. The number of carboxylic acid groups (broad SMARTS) is 1. The Morgan fingerprint density at radius 3 is 2.38 bits per heavy atom. The van der Waals surface area contributed by atoms with Crippen molar-refractivity contribution >= 4 is 17.8 Å². The topological polar surface area (TPSA) is 114 Å². The van der Waals surface area contributed by atoms with Gasteiger partial charge in [0.1, 0.15) is 5.75 Å². The third kappa shape index (κ3) is 6.02. The molecule has 0 aliphatic heterocycles. The molecule has 6 atom stereocenters. The number of benzene rings is 1. The first-order valence-corrected chi connectivity index (χ1v) is 14.4. The summed E-state index contributed by atoms with van der Waals surface area (Å²) in [5, 5.41) is 15.8. The van der Waals surface area contributed by atoms with Crippen LogP contribution >= 0.6 is 0 Å². The fourth-order valence-electron chi connectivity index (χ4n) is 6.63. The lowest BCUT2D eigenvalue weighted by Crippen LogP contribution is -2.52. The van der Waals surface area contributed by atoms with Gasteiger partial charge in [0.2, 0.25) is 5.91 Å². The summed E-state index contributed by atoms with van der Waals surface area (Å²) in [4.78, 5) is 38.4. The molecule has 3 aliphatic carbocycles. The molecule has 1 unspecified atom stereocenters. The molecule has 0 radical (unpaired) electrons. The van der Waals surface area contributed by atoms with E-state index in [1.54, 1.807) is 6.92 Å². The van der Waals surface area contributed by atoms with Crippen LogP contribution in [0.4, 0.5) is 4.39 Å². The lowest BCUT2D eigenvalue weighted by atomic mass is 9.75. The number of methoxy groups -OCH3 is 1. The highest BCUT2D eigenvalue weighted by Gasteiger charge is 2.51. The molecule has 0 spiro atoms. The average Bonchev–Trinajstić information content (AvgIpc) is 3.52. The maximum absolute atomic E-state index is 14.9. The van der Waals surface area contributed by atoms with E-state index in [4.69, 9.17) is 9.47 Å². The highest BCUT2D eigenvalue weighted by molar-refractivity contribution is 5.98. The zero-order chi connectivity index (χ0) is 28.5. The van der Waals surface area contributed by atoms with Crippen LogP contribution in [0.1, 0.15) is 89.4 Å². The van der Waals surface area contributed by atoms with Crippen molar-refractivity contribution in [3.8, 4) is 11.5 Å². The molecule has 1 aromatic carbocycles. The van der Waals surface area contributed by atoms with Crippen molar-refractivity contribution < 1.29 is 33.4 Å². The quantitative estimate of drug-likeness (QED) is 0.383. The molecule has 0 heterocycles. The predicted octanol–water partition coefficient (Wildman–Crippen LogP) is 4.94. The number of amides is 2. The fourth-order valence-corrected chi connectivity index (χ4v) is 6.63. The Morgan fingerprint density at radius 1 is 1.10 bits per heavy atom. The molecule has 216 valence electrons. The van der Waals surface area contributed by atoms with Crippen molar-refractivity contribution in [2.75, 3.05) is 7.11 Å². The van der Waals surface area contributed by atoms with Crippen LogP contribution in [0.25, 0.3) is 0 Å². The lowest BCUT2D eigenvalue weighted by Gasteiger charge is -2.34. The van der Waals surface area contributed by atoms with Gasteiger partial charge in [-0.2, -0.15) is 0 Å². The summed E-state index contributed by atoms with van der Waals surface area (Å²) in [6, 6.07) is 2.25. The van der Waals surface area contributed by atoms with Gasteiger partial charge in [0.25, 0.3) is 5.91 Å². The summed E-state index contributed by atoms with van der Waals surface area (Å²) in [5.74, 6) is -1.38. The molecule has 2 bridgehead atoms. The lowest BCUT2D eigenvalue weighted by molar-refractivity contribution is -0.150. The second-order valence-corrected chi connectivity index (χ2v) is 12.2. The van der Waals surface area contributed by atoms with Crippen molar-refractivity contribution in [3.63, 3.8) is 0 Å². The zero-order valence-electron chi connectivity index (χ0n) is 23.7. The van der Waals surface area contributed by atoms with Crippen molar-refractivity contribution in [2.45, 2.75) is 97.2 Å². The number of aliphatic carboxylic acids is 1. The first-order valence-electron chi connectivity index (χ1n) is 14.4. The zero-order valence-corrected chi connectivity index (χ0v) is 23.7. The fraction of sp³-hybridized carbons (Fsp3) is 0.700. The van der Waals surface area contributed by atoms with Crippen molar-refractivity contribution in [1.29, 1.82) is 0 Å². The van der Waals surface area contributed by atoms with E-state index < -0.39 is 23.1 Å². The molecule has 3 aliphatic rings. The summed E-state index contributed by atoms with van der Waals surface area (Å²) in [7, 11) is 1.38. The van der Waals surface area contributed by atoms with Crippen LogP contribution in [0, 0.1) is 34.9 Å². The van der Waals surface area contributed by atoms with Gasteiger partial charge in [-0.05, 0) is 82.6 Å². The summed E-state index contributed by atoms with van der Waals surface area (Å²) in [6.45, 7) is 7.95. The SMILES string of the molecule is CCC(C)[C@H](C)NC(=O)[C@H]1[C@@H]2CC[C@@H](C2)[C@H]1NC(=O)c1cc(O[C@H]2CC[C@@](C)(C(=O)O)CC2)c(F)cc1OC. The number of carbonyl (C=O) groups is 3. The summed E-state index contributed by atoms with van der Waals surface area (Å²) in [5.41, 5.74) is -0.658. The minimum absolute atomic E-state index is 0.0129. The molecule has 4 rings (SSSR count). The van der Waals surface area contributed by atoms with E-state index in [0.717, 1.165) is 31.7 Å². The normalized spacial score (nSPS) is 31.3. The molecule has 8 nitrogen and oxygen atoms in total. The molecule has 3 N–H and O–H groups in total. The number of nitrogens with one attached hydrogen (secondary N) is 2. The number of halogens is 1. The molecule has 3 fully saturated rings. The highest BCUT2D eigenvalue weighted by Crippen LogP contribution is 2.49. The maximum atomic E-state index is 14.9. The van der Waals surface area contributed by atoms with E-state index >= 15 is 0 Å². The molecule has 9 heteroatoms. The number of hydrogen-bond acceptors (Lipinski definition) is 5. The summed E-state index contributed by atoms with van der Waals surface area (Å²) in [6.07, 6.45) is 5.29. The van der Waals surface area contributed by atoms with E-state index in [0.29, 0.717) is 31.6 Å². The van der Waals surface area contributed by atoms with Gasteiger partial charge in [-0.15, -0.1) is 0 Å². The molecule has 0 saturated heterocycles. The Morgan fingerprint density at radius 2 is 1.77 bits per heavy atom. The van der Waals surface area contributed by atoms with Crippen molar-refractivity contribution in [2.24, 2.45) is 29.1 Å². The monoisotopic (exact) mass is 546 g/mol. The van der Waals surface area contributed by atoms with Crippen LogP contribution in [0.2, 0.25) is 0 Å². The smallest absolute Gasteiger partial charge is 0.309 e. The van der Waals surface area contributed by atoms with Gasteiger partial charge in [-0.3, -0.25) is 14.4 Å². The minimum atomic E-state index is -0.836.